The van der Waals surface area contributed by atoms with E-state index in [1.54, 1.807) is 24.3 Å². The highest BCUT2D eigenvalue weighted by atomic mass is 35.5. The van der Waals surface area contributed by atoms with Crippen LogP contribution in [-0.4, -0.2) is 27.8 Å². The molecule has 1 aromatic heterocycles. The van der Waals surface area contributed by atoms with Crippen LogP contribution in [0, 0.1) is 0 Å². The third-order valence-corrected chi connectivity index (χ3v) is 6.25. The van der Waals surface area contributed by atoms with Gasteiger partial charge in [0.05, 0.1) is 15.8 Å². The van der Waals surface area contributed by atoms with Gasteiger partial charge in [0.2, 0.25) is 0 Å². The Morgan fingerprint density at radius 3 is 2.53 bits per heavy atom. The zero-order valence-electron chi connectivity index (χ0n) is 16.4. The molecule has 32 heavy (non-hydrogen) atoms. The Morgan fingerprint density at radius 2 is 1.78 bits per heavy atom. The summed E-state index contributed by atoms with van der Waals surface area (Å²) in [6.07, 6.45) is 1.66. The van der Waals surface area contributed by atoms with Gasteiger partial charge in [-0.1, -0.05) is 71.5 Å². The van der Waals surface area contributed by atoms with Crippen LogP contribution in [0.25, 0.3) is 16.3 Å². The summed E-state index contributed by atoms with van der Waals surface area (Å²) in [5.41, 5.74) is 2.46. The topological polar surface area (TPSA) is 82.9 Å². The predicted octanol–water partition coefficient (Wildman–Crippen LogP) is 5.48. The molecule has 0 fully saturated rings. The number of anilines is 1. The van der Waals surface area contributed by atoms with Crippen molar-refractivity contribution in [3.8, 4) is 0 Å². The molecule has 2 heterocycles. The first-order valence-electron chi connectivity index (χ1n) is 9.60. The number of thiazole rings is 1. The molecular formula is C24H14ClN3O3S. The first-order chi connectivity index (χ1) is 15.5. The van der Waals surface area contributed by atoms with Crippen molar-refractivity contribution < 1.29 is 14.7 Å². The zero-order chi connectivity index (χ0) is 22.2. The highest BCUT2D eigenvalue weighted by Gasteiger charge is 2.34. The molecule has 0 saturated heterocycles. The minimum Gasteiger partial charge on any atom is -0.478 e. The largest absolute Gasteiger partial charge is 0.478 e. The Hall–Kier alpha value is -3.81. The molecule has 4 aromatic rings. The van der Waals surface area contributed by atoms with E-state index in [0.29, 0.717) is 31.8 Å². The molecular weight excluding hydrogens is 446 g/mol. The lowest BCUT2D eigenvalue weighted by Crippen LogP contribution is -2.32. The molecule has 1 aliphatic rings. The molecule has 0 atom stereocenters. The third kappa shape index (κ3) is 3.57. The van der Waals surface area contributed by atoms with Crippen LogP contribution < -0.4 is 4.90 Å². The highest BCUT2D eigenvalue weighted by molar-refractivity contribution is 7.22. The lowest BCUT2D eigenvalue weighted by Gasteiger charge is -2.14. The number of aliphatic imine (C=N–C) groups is 1. The number of carboxylic acid groups (broad SMARTS) is 1. The van der Waals surface area contributed by atoms with Gasteiger partial charge in [0.1, 0.15) is 11.5 Å². The smallest absolute Gasteiger partial charge is 0.335 e. The van der Waals surface area contributed by atoms with Crippen LogP contribution >= 0.6 is 22.9 Å². The summed E-state index contributed by atoms with van der Waals surface area (Å²) in [5.74, 6) is -0.900. The number of carbonyl (C=O) groups is 2. The normalized spacial score (nSPS) is 14.9. The molecule has 1 aliphatic heterocycles. The predicted molar refractivity (Wildman–Crippen MR) is 126 cm³/mol. The number of amides is 1. The Balaban J connectivity index is 1.64. The molecule has 6 nitrogen and oxygen atoms in total. The average molecular weight is 460 g/mol. The summed E-state index contributed by atoms with van der Waals surface area (Å²) < 4.78 is 0.670. The van der Waals surface area contributed by atoms with Gasteiger partial charge in [0.25, 0.3) is 5.91 Å². The van der Waals surface area contributed by atoms with E-state index in [1.807, 2.05) is 48.5 Å². The number of benzene rings is 3. The number of halogens is 1. The molecule has 5 rings (SSSR count). The molecule has 0 saturated carbocycles. The standard InChI is InChI=1S/C24H14ClN3O3S/c25-17-9-5-4-8-15(17)12-19-22(29)28(21(26-19)14-6-2-1-3-7-14)24-27-18-11-10-16(23(30)31)13-20(18)32-24/h1-13H,(H,30,31). The molecule has 1 N–H and O–H groups in total. The summed E-state index contributed by atoms with van der Waals surface area (Å²) >= 11 is 7.51. The van der Waals surface area contributed by atoms with E-state index >= 15 is 0 Å². The number of carbonyl (C=O) groups excluding carboxylic acids is 1. The minimum atomic E-state index is -1.02. The highest BCUT2D eigenvalue weighted by Crippen LogP contribution is 2.35. The van der Waals surface area contributed by atoms with Gasteiger partial charge in [-0.05, 0) is 35.9 Å². The summed E-state index contributed by atoms with van der Waals surface area (Å²) in [6.45, 7) is 0. The number of aromatic carboxylic acids is 1. The second-order valence-corrected chi connectivity index (χ2v) is 8.39. The van der Waals surface area contributed by atoms with Gasteiger partial charge in [-0.25, -0.2) is 19.7 Å². The zero-order valence-corrected chi connectivity index (χ0v) is 18.0. The Morgan fingerprint density at radius 1 is 1.03 bits per heavy atom. The van der Waals surface area contributed by atoms with Gasteiger partial charge in [-0.15, -0.1) is 0 Å². The fourth-order valence-electron chi connectivity index (χ4n) is 3.36. The van der Waals surface area contributed by atoms with Crippen LogP contribution in [0.5, 0.6) is 0 Å². The van der Waals surface area contributed by atoms with Crippen molar-refractivity contribution in [2.24, 2.45) is 4.99 Å². The van der Waals surface area contributed by atoms with Crippen molar-refractivity contribution in [2.75, 3.05) is 4.90 Å². The van der Waals surface area contributed by atoms with Crippen molar-refractivity contribution in [1.82, 2.24) is 4.98 Å². The van der Waals surface area contributed by atoms with Crippen molar-refractivity contribution in [3.05, 3.63) is 100 Å². The summed E-state index contributed by atoms with van der Waals surface area (Å²) in [4.78, 5) is 35.4. The van der Waals surface area contributed by atoms with Crippen LogP contribution in [-0.2, 0) is 4.79 Å². The second kappa shape index (κ2) is 8.03. The van der Waals surface area contributed by atoms with E-state index in [0.717, 1.165) is 5.56 Å². The molecule has 0 aliphatic carbocycles. The molecule has 0 radical (unpaired) electrons. The van der Waals surface area contributed by atoms with Gasteiger partial charge in [-0.3, -0.25) is 4.79 Å². The first-order valence-corrected chi connectivity index (χ1v) is 10.8. The van der Waals surface area contributed by atoms with Gasteiger partial charge in [0, 0.05) is 10.6 Å². The SMILES string of the molecule is O=C(O)c1ccc2nc(N3C(=O)C(=Cc4ccccc4Cl)N=C3c3ccccc3)sc2c1. The maximum absolute atomic E-state index is 13.4. The molecule has 8 heteroatoms. The van der Waals surface area contributed by atoms with E-state index in [1.165, 1.54) is 22.3 Å². The van der Waals surface area contributed by atoms with Crippen LogP contribution in [0.1, 0.15) is 21.5 Å². The summed E-state index contributed by atoms with van der Waals surface area (Å²) in [6, 6.07) is 21.3. The number of rotatable bonds is 4. The Kier molecular flexibility index (Phi) is 5.05. The lowest BCUT2D eigenvalue weighted by atomic mass is 10.2. The van der Waals surface area contributed by atoms with Crippen LogP contribution in [0.4, 0.5) is 5.13 Å². The van der Waals surface area contributed by atoms with Crippen LogP contribution in [0.2, 0.25) is 5.02 Å². The summed E-state index contributed by atoms with van der Waals surface area (Å²) in [7, 11) is 0. The monoisotopic (exact) mass is 459 g/mol. The van der Waals surface area contributed by atoms with E-state index < -0.39 is 5.97 Å². The third-order valence-electron chi connectivity index (χ3n) is 4.91. The minimum absolute atomic E-state index is 0.164. The number of fused-ring (bicyclic) bond motifs is 1. The number of amidine groups is 1. The maximum Gasteiger partial charge on any atom is 0.335 e. The molecule has 156 valence electrons. The van der Waals surface area contributed by atoms with Crippen LogP contribution in [0.3, 0.4) is 0 Å². The van der Waals surface area contributed by atoms with E-state index in [4.69, 9.17) is 11.6 Å². The molecule has 0 spiro atoms. The summed E-state index contributed by atoms with van der Waals surface area (Å²) in [5, 5.41) is 10.2. The lowest BCUT2D eigenvalue weighted by molar-refractivity contribution is -0.113. The Bertz CT molecular complexity index is 1440. The molecule has 0 unspecified atom stereocenters. The van der Waals surface area contributed by atoms with E-state index in [2.05, 4.69) is 9.98 Å². The van der Waals surface area contributed by atoms with Crippen molar-refractivity contribution in [3.63, 3.8) is 0 Å². The second-order valence-electron chi connectivity index (χ2n) is 6.98. The van der Waals surface area contributed by atoms with Gasteiger partial charge in [0.15, 0.2) is 5.13 Å². The maximum atomic E-state index is 13.4. The Labute approximate surface area is 191 Å². The van der Waals surface area contributed by atoms with Gasteiger partial charge >= 0.3 is 5.97 Å². The van der Waals surface area contributed by atoms with E-state index in [-0.39, 0.29) is 17.2 Å². The van der Waals surface area contributed by atoms with Gasteiger partial charge < -0.3 is 5.11 Å². The number of hydrogen-bond donors (Lipinski definition) is 1. The average Bonchev–Trinajstić information content (AvgIpc) is 3.36. The first kappa shape index (κ1) is 20.1. The fourth-order valence-corrected chi connectivity index (χ4v) is 4.55. The van der Waals surface area contributed by atoms with Crippen molar-refractivity contribution in [1.29, 1.82) is 0 Å². The number of aromatic nitrogens is 1. The molecule has 1 amide bonds. The number of nitrogens with zero attached hydrogens (tertiary/aromatic N) is 3. The number of carboxylic acids is 1. The quantitative estimate of drug-likeness (QED) is 0.409. The van der Waals surface area contributed by atoms with E-state index in [9.17, 15) is 14.7 Å². The molecule has 0 bridgehead atoms. The molecule has 3 aromatic carbocycles. The number of hydrogen-bond acceptors (Lipinski definition) is 5. The fraction of sp³-hybridized carbons (Fsp3) is 0. The van der Waals surface area contributed by atoms with Crippen molar-refractivity contribution in [2.45, 2.75) is 0 Å². The van der Waals surface area contributed by atoms with Gasteiger partial charge in [-0.2, -0.15) is 0 Å². The van der Waals surface area contributed by atoms with Crippen molar-refractivity contribution >= 4 is 62.1 Å². The van der Waals surface area contributed by atoms with Crippen LogP contribution in [0.15, 0.2) is 83.5 Å².